The molecule has 0 unspecified atom stereocenters. The summed E-state index contributed by atoms with van der Waals surface area (Å²) in [4.78, 5) is 28.4. The van der Waals surface area contributed by atoms with E-state index in [-0.39, 0.29) is 24.2 Å². The molecule has 3 saturated heterocycles. The quantitative estimate of drug-likeness (QED) is 0.637. The van der Waals surface area contributed by atoms with Crippen LogP contribution in [0.4, 0.5) is 20.2 Å². The van der Waals surface area contributed by atoms with E-state index >= 15 is 0 Å². The molecule has 0 atom stereocenters. The fourth-order valence-electron chi connectivity index (χ4n) is 6.26. The Labute approximate surface area is 199 Å². The number of halogens is 2. The Morgan fingerprint density at radius 2 is 1.62 bits per heavy atom. The van der Waals surface area contributed by atoms with Gasteiger partial charge in [-0.15, -0.1) is 0 Å². The van der Waals surface area contributed by atoms with Crippen LogP contribution in [0.5, 0.6) is 0 Å². The maximum atomic E-state index is 14.9. The van der Waals surface area contributed by atoms with Crippen molar-refractivity contribution < 1.29 is 18.4 Å². The number of rotatable bonds is 5. The van der Waals surface area contributed by atoms with E-state index in [2.05, 4.69) is 10.3 Å². The molecule has 7 nitrogen and oxygen atoms in total. The van der Waals surface area contributed by atoms with Gasteiger partial charge in [0, 0.05) is 50.7 Å². The number of hydrazine groups is 1. The first kappa shape index (κ1) is 23.5. The number of imide groups is 1. The van der Waals surface area contributed by atoms with Crippen molar-refractivity contribution in [3.63, 3.8) is 0 Å². The highest BCUT2D eigenvalue weighted by atomic mass is 19.1. The molecule has 0 radical (unpaired) electrons. The number of amides is 2. The van der Waals surface area contributed by atoms with E-state index in [9.17, 15) is 18.4 Å². The number of likely N-dealkylation sites (tertiary alicyclic amines) is 1. The Bertz CT molecular complexity index is 917. The summed E-state index contributed by atoms with van der Waals surface area (Å²) in [6, 6.07) is 2.62. The molecular formula is C25H35F2N5O2. The van der Waals surface area contributed by atoms with Gasteiger partial charge in [-0.05, 0) is 69.4 Å². The maximum absolute atomic E-state index is 14.9. The first-order valence-corrected chi connectivity index (χ1v) is 12.7. The molecular weight excluding hydrogens is 440 g/mol. The molecule has 3 heterocycles. The molecule has 3 aliphatic heterocycles. The lowest BCUT2D eigenvalue weighted by atomic mass is 9.60. The van der Waals surface area contributed by atoms with Gasteiger partial charge in [-0.3, -0.25) is 15.0 Å². The zero-order chi connectivity index (χ0) is 23.9. The first-order chi connectivity index (χ1) is 16.3. The molecule has 4 fully saturated rings. The van der Waals surface area contributed by atoms with Crippen LogP contribution in [-0.4, -0.2) is 60.5 Å². The maximum Gasteiger partial charge on any atom is 0.248 e. The summed E-state index contributed by atoms with van der Waals surface area (Å²) in [5.74, 6) is -1.52. The van der Waals surface area contributed by atoms with E-state index in [1.165, 1.54) is 31.7 Å². The minimum absolute atomic E-state index is 0.199. The molecule has 1 aliphatic carbocycles. The standard InChI is InChI=1S/C25H35F2N5O2/c26-19-13-22(20(27)12-21(19)29-32-23(33)2-1-3-24(32)34)31-8-4-17(5-9-31)16-30-10-6-25(7-11-30)14-18(28)15-25/h12-13,17-18,29H,1-11,14-16,28H2. The number of anilines is 2. The van der Waals surface area contributed by atoms with Crippen molar-refractivity contribution in [3.8, 4) is 0 Å². The summed E-state index contributed by atoms with van der Waals surface area (Å²) < 4.78 is 29.7. The van der Waals surface area contributed by atoms with E-state index in [0.29, 0.717) is 36.9 Å². The van der Waals surface area contributed by atoms with Crippen LogP contribution in [-0.2, 0) is 9.59 Å². The average Bonchev–Trinajstić information content (AvgIpc) is 2.79. The van der Waals surface area contributed by atoms with Gasteiger partial charge in [-0.2, -0.15) is 5.01 Å². The molecule has 186 valence electrons. The smallest absolute Gasteiger partial charge is 0.248 e. The highest BCUT2D eigenvalue weighted by Gasteiger charge is 2.44. The molecule has 34 heavy (non-hydrogen) atoms. The number of hydrogen-bond donors (Lipinski definition) is 2. The van der Waals surface area contributed by atoms with Gasteiger partial charge in [0.25, 0.3) is 0 Å². The number of benzene rings is 1. The number of carbonyl (C=O) groups is 2. The van der Waals surface area contributed by atoms with E-state index in [0.717, 1.165) is 43.6 Å². The van der Waals surface area contributed by atoms with Gasteiger partial charge >= 0.3 is 0 Å². The van der Waals surface area contributed by atoms with E-state index < -0.39 is 23.4 Å². The van der Waals surface area contributed by atoms with Crippen LogP contribution in [0.3, 0.4) is 0 Å². The number of nitrogens with zero attached hydrogens (tertiary/aromatic N) is 3. The lowest BCUT2D eigenvalue weighted by Crippen LogP contribution is -2.52. The molecule has 0 bridgehead atoms. The van der Waals surface area contributed by atoms with Gasteiger partial charge < -0.3 is 15.5 Å². The van der Waals surface area contributed by atoms with Crippen molar-refractivity contribution in [1.82, 2.24) is 9.91 Å². The lowest BCUT2D eigenvalue weighted by Gasteiger charge is -2.51. The number of piperidine rings is 3. The highest BCUT2D eigenvalue weighted by molar-refractivity contribution is 5.98. The van der Waals surface area contributed by atoms with Crippen molar-refractivity contribution in [1.29, 1.82) is 0 Å². The fraction of sp³-hybridized carbons (Fsp3) is 0.680. The third-order valence-corrected chi connectivity index (χ3v) is 8.33. The molecule has 1 aromatic rings. The monoisotopic (exact) mass is 475 g/mol. The number of carbonyl (C=O) groups excluding carboxylic acids is 2. The molecule has 1 spiro atoms. The van der Waals surface area contributed by atoms with Gasteiger partial charge in [0.1, 0.15) is 11.6 Å². The molecule has 9 heteroatoms. The van der Waals surface area contributed by atoms with Crippen LogP contribution < -0.4 is 16.1 Å². The Balaban J connectivity index is 1.14. The van der Waals surface area contributed by atoms with Crippen molar-refractivity contribution >= 4 is 23.2 Å². The van der Waals surface area contributed by atoms with E-state index in [1.54, 1.807) is 0 Å². The van der Waals surface area contributed by atoms with Gasteiger partial charge in [0.05, 0.1) is 11.4 Å². The normalized spacial score (nSPS) is 24.6. The second-order valence-electron chi connectivity index (χ2n) is 10.8. The van der Waals surface area contributed by atoms with Gasteiger partial charge in [-0.1, -0.05) is 0 Å². The number of nitrogens with two attached hydrogens (primary N) is 1. The van der Waals surface area contributed by atoms with Crippen LogP contribution in [0.1, 0.15) is 57.8 Å². The van der Waals surface area contributed by atoms with Crippen LogP contribution in [0, 0.1) is 23.0 Å². The summed E-state index contributed by atoms with van der Waals surface area (Å²) in [6.45, 7) is 4.73. The van der Waals surface area contributed by atoms with Crippen molar-refractivity contribution in [2.75, 3.05) is 43.0 Å². The van der Waals surface area contributed by atoms with E-state index in [4.69, 9.17) is 5.73 Å². The van der Waals surface area contributed by atoms with Gasteiger partial charge in [0.15, 0.2) is 0 Å². The second kappa shape index (κ2) is 9.41. The van der Waals surface area contributed by atoms with Crippen molar-refractivity contribution in [2.45, 2.75) is 63.8 Å². The summed E-state index contributed by atoms with van der Waals surface area (Å²) in [6.07, 6.45) is 7.66. The minimum Gasteiger partial charge on any atom is -0.369 e. The fourth-order valence-corrected chi connectivity index (χ4v) is 6.26. The third-order valence-electron chi connectivity index (χ3n) is 8.33. The average molecular weight is 476 g/mol. The minimum atomic E-state index is -0.678. The first-order valence-electron chi connectivity index (χ1n) is 12.7. The molecule has 3 N–H and O–H groups in total. The predicted octanol–water partition coefficient (Wildman–Crippen LogP) is 3.25. The Morgan fingerprint density at radius 3 is 2.24 bits per heavy atom. The van der Waals surface area contributed by atoms with Crippen LogP contribution in [0.15, 0.2) is 12.1 Å². The van der Waals surface area contributed by atoms with Gasteiger partial charge in [0.2, 0.25) is 11.8 Å². The molecule has 2 amide bonds. The summed E-state index contributed by atoms with van der Waals surface area (Å²) >= 11 is 0. The second-order valence-corrected chi connectivity index (χ2v) is 10.8. The van der Waals surface area contributed by atoms with Crippen LogP contribution in [0.2, 0.25) is 0 Å². The van der Waals surface area contributed by atoms with Crippen molar-refractivity contribution in [2.24, 2.45) is 17.1 Å². The van der Waals surface area contributed by atoms with Gasteiger partial charge in [-0.25, -0.2) is 8.78 Å². The summed E-state index contributed by atoms with van der Waals surface area (Å²) in [5.41, 5.74) is 9.03. The Kier molecular flexibility index (Phi) is 6.50. The van der Waals surface area contributed by atoms with Crippen LogP contribution >= 0.6 is 0 Å². The molecule has 0 aromatic heterocycles. The largest absolute Gasteiger partial charge is 0.369 e. The summed E-state index contributed by atoms with van der Waals surface area (Å²) in [5, 5.41) is 0.800. The Hall–Kier alpha value is -2.26. The predicted molar refractivity (Wildman–Crippen MR) is 126 cm³/mol. The zero-order valence-corrected chi connectivity index (χ0v) is 19.7. The molecule has 1 aromatic carbocycles. The Morgan fingerprint density at radius 1 is 0.971 bits per heavy atom. The molecule has 4 aliphatic rings. The molecule has 1 saturated carbocycles. The van der Waals surface area contributed by atoms with Crippen molar-refractivity contribution in [3.05, 3.63) is 23.8 Å². The topological polar surface area (TPSA) is 81.9 Å². The highest BCUT2D eigenvalue weighted by Crippen LogP contribution is 2.48. The zero-order valence-electron chi connectivity index (χ0n) is 19.7. The number of hydrogen-bond acceptors (Lipinski definition) is 6. The number of nitrogens with one attached hydrogen (secondary N) is 1. The lowest BCUT2D eigenvalue weighted by molar-refractivity contribution is -0.146. The van der Waals surface area contributed by atoms with E-state index in [1.807, 2.05) is 4.90 Å². The van der Waals surface area contributed by atoms with Crippen LogP contribution in [0.25, 0.3) is 0 Å². The third kappa shape index (κ3) is 4.77. The molecule has 5 rings (SSSR count). The summed E-state index contributed by atoms with van der Waals surface area (Å²) in [7, 11) is 0. The SMILES string of the molecule is NC1CC2(CCN(CC3CCN(c4cc(F)c(NN5C(=O)CCCC5=O)cc4F)CC3)CC2)C1.